The zero-order valence-corrected chi connectivity index (χ0v) is 6.55. The molecule has 0 radical (unpaired) electrons. The lowest BCUT2D eigenvalue weighted by Crippen LogP contribution is -1.70. The lowest BCUT2D eigenvalue weighted by molar-refractivity contribution is 0.621. The van der Waals surface area contributed by atoms with Gasteiger partial charge in [0.15, 0.2) is 0 Å². The second kappa shape index (κ2) is 4.89. The second-order valence-electron chi connectivity index (χ2n) is 1.41. The fraction of sp³-hybridized carbons (Fsp3) is 0. The van der Waals surface area contributed by atoms with Crippen LogP contribution in [0.5, 0.6) is 0 Å². The van der Waals surface area contributed by atoms with Crippen molar-refractivity contribution in [2.75, 3.05) is 0 Å². The van der Waals surface area contributed by atoms with Crippen LogP contribution < -0.4 is 0 Å². The first-order chi connectivity index (χ1) is 4.80. The highest BCUT2D eigenvalue weighted by Crippen LogP contribution is 2.12. The molecule has 52 valence electrons. The fourth-order valence-electron chi connectivity index (χ4n) is 0.439. The monoisotopic (exact) mass is 202 g/mol. The first kappa shape index (κ1) is 9.05. The molecule has 0 saturated heterocycles. The van der Waals surface area contributed by atoms with E-state index in [0.29, 0.717) is 4.47 Å². The molecule has 0 aromatic heterocycles. The van der Waals surface area contributed by atoms with E-state index in [1.54, 1.807) is 18.2 Å². The van der Waals surface area contributed by atoms with Crippen LogP contribution in [0.4, 0.5) is 4.39 Å². The van der Waals surface area contributed by atoms with E-state index in [1.807, 2.05) is 0 Å². The van der Waals surface area contributed by atoms with Crippen molar-refractivity contribution in [3.05, 3.63) is 34.6 Å². The van der Waals surface area contributed by atoms with Gasteiger partial charge in [0.2, 0.25) is 0 Å². The normalized spacial score (nSPS) is 7.60. The third-order valence-corrected chi connectivity index (χ3v) is 1.47. The predicted molar refractivity (Wildman–Crippen MR) is 37.6 cm³/mol. The minimum atomic E-state index is -0.215. The third kappa shape index (κ3) is 2.55. The number of rotatable bonds is 0. The lowest BCUT2D eigenvalue weighted by atomic mass is 10.4. The smallest absolute Gasteiger partial charge is 0.137 e. The van der Waals surface area contributed by atoms with Gasteiger partial charge in [0.1, 0.15) is 5.82 Å². The molecule has 0 fully saturated rings. The van der Waals surface area contributed by atoms with Crippen molar-refractivity contribution in [1.82, 2.24) is 0 Å². The van der Waals surface area contributed by atoms with Crippen LogP contribution in [0.15, 0.2) is 28.7 Å². The van der Waals surface area contributed by atoms with Gasteiger partial charge in [-0.05, 0) is 28.1 Å². The molecule has 1 aromatic carbocycles. The summed E-state index contributed by atoms with van der Waals surface area (Å²) in [4.78, 5) is 0. The van der Waals surface area contributed by atoms with Crippen molar-refractivity contribution >= 4 is 15.9 Å². The summed E-state index contributed by atoms with van der Waals surface area (Å²) >= 11 is 3.02. The summed E-state index contributed by atoms with van der Waals surface area (Å²) in [5.41, 5.74) is 0. The summed E-state index contributed by atoms with van der Waals surface area (Å²) < 4.78 is 12.8. The van der Waals surface area contributed by atoms with Crippen LogP contribution in [0.1, 0.15) is 0 Å². The molecule has 10 heavy (non-hydrogen) atoms. The maximum atomic E-state index is 12.3. The zero-order chi connectivity index (χ0) is 7.98. The molecular weight excluding hydrogens is 199 g/mol. The Hall–Kier alpha value is -0.950. The van der Waals surface area contributed by atoms with Crippen LogP contribution in [0.25, 0.3) is 0 Å². The Kier molecular flexibility index (Phi) is 4.42. The van der Waals surface area contributed by atoms with Crippen LogP contribution in [0.2, 0.25) is 0 Å². The number of nitrogens with zero attached hydrogens (tertiary/aromatic N) is 2. The summed E-state index contributed by atoms with van der Waals surface area (Å²) in [6, 6.07) is 6.49. The molecule has 0 N–H and O–H groups in total. The first-order valence-electron chi connectivity index (χ1n) is 2.41. The average molecular weight is 203 g/mol. The van der Waals surface area contributed by atoms with Gasteiger partial charge in [0.05, 0.1) is 4.47 Å². The lowest BCUT2D eigenvalue weighted by Gasteiger charge is -1.87. The number of hydrogen-bond acceptors (Lipinski definition) is 2. The molecule has 0 aliphatic heterocycles. The van der Waals surface area contributed by atoms with Gasteiger partial charge in [-0.15, -0.1) is 0 Å². The van der Waals surface area contributed by atoms with Gasteiger partial charge < -0.3 is 0 Å². The maximum absolute atomic E-state index is 12.3. The molecule has 0 aliphatic rings. The Labute approximate surface area is 66.2 Å². The van der Waals surface area contributed by atoms with Gasteiger partial charge in [0, 0.05) is 10.8 Å². The highest BCUT2D eigenvalue weighted by Gasteiger charge is 1.90. The largest absolute Gasteiger partial charge is 0.206 e. The summed E-state index contributed by atoms with van der Waals surface area (Å²) in [7, 11) is 0. The highest BCUT2D eigenvalue weighted by molar-refractivity contribution is 9.10. The zero-order valence-electron chi connectivity index (χ0n) is 4.96. The van der Waals surface area contributed by atoms with E-state index in [9.17, 15) is 4.39 Å². The van der Waals surface area contributed by atoms with Crippen LogP contribution >= 0.6 is 15.9 Å². The molecule has 1 aromatic rings. The summed E-state index contributed by atoms with van der Waals surface area (Å²) in [6.07, 6.45) is 0. The fourth-order valence-corrected chi connectivity index (χ4v) is 0.724. The van der Waals surface area contributed by atoms with E-state index < -0.39 is 0 Å². The number of hydrogen-bond donors (Lipinski definition) is 0. The van der Waals surface area contributed by atoms with E-state index in [2.05, 4.69) is 15.9 Å². The van der Waals surface area contributed by atoms with Crippen LogP contribution in [-0.4, -0.2) is 0 Å². The summed E-state index contributed by atoms with van der Waals surface area (Å²) in [5.74, 6) is -0.215. The molecule has 4 heteroatoms. The first-order valence-corrected chi connectivity index (χ1v) is 3.20. The standard InChI is InChI=1S/C6H4BrF.N2/c7-5-3-1-2-4-6(5)8;1-2/h1-4H;. The Morgan fingerprint density at radius 1 is 1.20 bits per heavy atom. The molecule has 0 heterocycles. The Bertz CT molecular complexity index is 203. The molecule has 0 spiro atoms. The van der Waals surface area contributed by atoms with Gasteiger partial charge in [-0.1, -0.05) is 12.1 Å². The van der Waals surface area contributed by atoms with E-state index >= 15 is 0 Å². The van der Waals surface area contributed by atoms with Crippen molar-refractivity contribution in [2.45, 2.75) is 0 Å². The molecule has 1 rings (SSSR count). The second-order valence-corrected chi connectivity index (χ2v) is 2.27. The number of halogens is 2. The minimum absolute atomic E-state index is 0.215. The van der Waals surface area contributed by atoms with E-state index in [1.165, 1.54) is 6.07 Å². The van der Waals surface area contributed by atoms with Gasteiger partial charge in [-0.3, -0.25) is 0 Å². The van der Waals surface area contributed by atoms with Crippen LogP contribution in [0.3, 0.4) is 0 Å². The van der Waals surface area contributed by atoms with Gasteiger partial charge in [-0.2, -0.15) is 0 Å². The predicted octanol–water partition coefficient (Wildman–Crippen LogP) is 2.62. The SMILES string of the molecule is Fc1ccccc1Br.N#N. The Morgan fingerprint density at radius 2 is 1.70 bits per heavy atom. The molecule has 2 nitrogen and oxygen atoms in total. The van der Waals surface area contributed by atoms with Crippen molar-refractivity contribution in [3.63, 3.8) is 0 Å². The van der Waals surface area contributed by atoms with E-state index in [-0.39, 0.29) is 5.82 Å². The maximum Gasteiger partial charge on any atom is 0.137 e. The number of benzene rings is 1. The molecule has 0 aliphatic carbocycles. The molecule has 0 saturated carbocycles. The minimum Gasteiger partial charge on any atom is -0.206 e. The Morgan fingerprint density at radius 3 is 2.00 bits per heavy atom. The molecular formula is C6H4BrFN2. The Balaban J connectivity index is 0.000000371. The van der Waals surface area contributed by atoms with Crippen molar-refractivity contribution in [3.8, 4) is 0 Å². The third-order valence-electron chi connectivity index (χ3n) is 0.824. The summed E-state index contributed by atoms with van der Waals surface area (Å²) in [6.45, 7) is 0. The topological polar surface area (TPSA) is 47.6 Å². The van der Waals surface area contributed by atoms with Gasteiger partial charge in [0.25, 0.3) is 0 Å². The van der Waals surface area contributed by atoms with Crippen molar-refractivity contribution < 1.29 is 4.39 Å². The van der Waals surface area contributed by atoms with Gasteiger partial charge >= 0.3 is 0 Å². The molecule has 0 amide bonds. The van der Waals surface area contributed by atoms with Crippen LogP contribution in [-0.2, 0) is 0 Å². The summed E-state index contributed by atoms with van der Waals surface area (Å²) in [5, 5.41) is 12.0. The molecule has 0 unspecified atom stereocenters. The van der Waals surface area contributed by atoms with E-state index in [0.717, 1.165) is 0 Å². The van der Waals surface area contributed by atoms with E-state index in [4.69, 9.17) is 10.8 Å². The molecule has 0 bridgehead atoms. The van der Waals surface area contributed by atoms with Gasteiger partial charge in [-0.25, -0.2) is 4.39 Å². The van der Waals surface area contributed by atoms with Crippen molar-refractivity contribution in [2.24, 2.45) is 0 Å². The van der Waals surface area contributed by atoms with Crippen molar-refractivity contribution in [1.29, 1.82) is 10.8 Å². The quantitative estimate of drug-likeness (QED) is 0.608. The highest BCUT2D eigenvalue weighted by atomic mass is 79.9. The van der Waals surface area contributed by atoms with Crippen LogP contribution in [0, 0.1) is 16.6 Å². The average Bonchev–Trinajstić information content (AvgIpc) is 2.00. The molecule has 0 atom stereocenters.